The number of hydrogen-bond donors (Lipinski definition) is 2. The molecule has 0 fully saturated rings. The van der Waals surface area contributed by atoms with Crippen LogP contribution in [0.5, 0.6) is 0 Å². The monoisotopic (exact) mass is 411 g/mol. The summed E-state index contributed by atoms with van der Waals surface area (Å²) in [6.07, 6.45) is -3.87. The van der Waals surface area contributed by atoms with Gasteiger partial charge in [0, 0.05) is 17.6 Å². The maximum absolute atomic E-state index is 13.4. The summed E-state index contributed by atoms with van der Waals surface area (Å²) in [5.41, 5.74) is 1.53. The summed E-state index contributed by atoms with van der Waals surface area (Å²) >= 11 is 0. The second-order valence-corrected chi connectivity index (χ2v) is 7.72. The van der Waals surface area contributed by atoms with E-state index in [0.717, 1.165) is 11.8 Å². The Morgan fingerprint density at radius 1 is 0.867 bits per heavy atom. The molecule has 0 atom stereocenters. The molecule has 2 aromatic carbocycles. The van der Waals surface area contributed by atoms with Gasteiger partial charge in [0.1, 0.15) is 11.4 Å². The zero-order valence-corrected chi connectivity index (χ0v) is 16.7. The molecule has 1 heterocycles. The number of aromatic nitrogens is 2. The first-order chi connectivity index (χ1) is 14.1. The fourth-order valence-corrected chi connectivity index (χ4v) is 2.69. The first-order valence-corrected chi connectivity index (χ1v) is 9.15. The number of anilines is 4. The Hall–Kier alpha value is -3.60. The highest BCUT2D eigenvalue weighted by atomic mass is 19.4. The fourth-order valence-electron chi connectivity index (χ4n) is 2.69. The van der Waals surface area contributed by atoms with Crippen LogP contribution in [0.1, 0.15) is 37.5 Å². The summed E-state index contributed by atoms with van der Waals surface area (Å²) in [4.78, 5) is 7.81. The van der Waals surface area contributed by atoms with E-state index in [1.54, 1.807) is 36.4 Å². The van der Waals surface area contributed by atoms with Crippen molar-refractivity contribution in [1.29, 1.82) is 5.26 Å². The van der Waals surface area contributed by atoms with Crippen LogP contribution in [0.15, 0.2) is 54.7 Å². The first kappa shape index (κ1) is 21.1. The minimum Gasteiger partial charge on any atom is -0.340 e. The second kappa shape index (κ2) is 8.03. The second-order valence-electron chi connectivity index (χ2n) is 7.72. The third-order valence-corrected chi connectivity index (χ3v) is 4.38. The van der Waals surface area contributed by atoms with E-state index in [0.29, 0.717) is 16.9 Å². The van der Waals surface area contributed by atoms with Gasteiger partial charge in [0.05, 0.1) is 11.6 Å². The molecule has 30 heavy (non-hydrogen) atoms. The van der Waals surface area contributed by atoms with E-state index in [1.165, 1.54) is 0 Å². The van der Waals surface area contributed by atoms with Gasteiger partial charge in [-0.2, -0.15) is 23.4 Å². The van der Waals surface area contributed by atoms with E-state index in [9.17, 15) is 13.2 Å². The summed E-state index contributed by atoms with van der Waals surface area (Å²) < 4.78 is 40.3. The molecule has 0 bridgehead atoms. The maximum atomic E-state index is 13.4. The topological polar surface area (TPSA) is 73.6 Å². The molecule has 154 valence electrons. The Bertz CT molecular complexity index is 1060. The number of rotatable bonds is 4. The average molecular weight is 411 g/mol. The summed E-state index contributed by atoms with van der Waals surface area (Å²) in [6.45, 7) is 6.17. The van der Waals surface area contributed by atoms with Gasteiger partial charge in [-0.15, -0.1) is 0 Å². The van der Waals surface area contributed by atoms with Crippen LogP contribution in [-0.4, -0.2) is 9.97 Å². The van der Waals surface area contributed by atoms with Gasteiger partial charge in [-0.25, -0.2) is 4.98 Å². The average Bonchev–Trinajstić information content (AvgIpc) is 2.67. The van der Waals surface area contributed by atoms with E-state index in [2.05, 4.69) is 41.4 Å². The minimum absolute atomic E-state index is 0.00141. The van der Waals surface area contributed by atoms with Crippen LogP contribution in [0.2, 0.25) is 0 Å². The Morgan fingerprint density at radius 3 is 1.97 bits per heavy atom. The van der Waals surface area contributed by atoms with Crippen molar-refractivity contribution >= 4 is 23.1 Å². The van der Waals surface area contributed by atoms with E-state index in [4.69, 9.17) is 5.26 Å². The molecule has 0 saturated carbocycles. The molecule has 0 amide bonds. The van der Waals surface area contributed by atoms with Crippen LogP contribution in [0.25, 0.3) is 0 Å². The maximum Gasteiger partial charge on any atom is 0.421 e. The lowest BCUT2D eigenvalue weighted by Gasteiger charge is -2.20. The SMILES string of the molecule is CC(C)(C)c1ccc(Nc2nc(Nc3ccc(C#N)cc3)ncc2C(F)(F)F)cc1. The zero-order valence-electron chi connectivity index (χ0n) is 16.7. The van der Waals surface area contributed by atoms with Crippen LogP contribution < -0.4 is 10.6 Å². The lowest BCUT2D eigenvalue weighted by molar-refractivity contribution is -0.137. The van der Waals surface area contributed by atoms with E-state index < -0.39 is 11.7 Å². The van der Waals surface area contributed by atoms with E-state index >= 15 is 0 Å². The minimum atomic E-state index is -4.61. The molecular formula is C22H20F3N5. The van der Waals surface area contributed by atoms with Crippen molar-refractivity contribution in [1.82, 2.24) is 9.97 Å². The van der Waals surface area contributed by atoms with Gasteiger partial charge >= 0.3 is 6.18 Å². The van der Waals surface area contributed by atoms with Gasteiger partial charge in [-0.05, 0) is 47.4 Å². The zero-order chi connectivity index (χ0) is 21.9. The van der Waals surface area contributed by atoms with Crippen molar-refractivity contribution in [2.45, 2.75) is 32.4 Å². The Balaban J connectivity index is 1.90. The van der Waals surface area contributed by atoms with Crippen LogP contribution in [0, 0.1) is 11.3 Å². The highest BCUT2D eigenvalue weighted by molar-refractivity contribution is 5.63. The molecule has 0 radical (unpaired) electrons. The number of nitrogens with one attached hydrogen (secondary N) is 2. The number of alkyl halides is 3. The molecule has 3 rings (SSSR count). The summed E-state index contributed by atoms with van der Waals surface area (Å²) in [7, 11) is 0. The number of nitriles is 1. The van der Waals surface area contributed by atoms with Crippen molar-refractivity contribution in [3.63, 3.8) is 0 Å². The van der Waals surface area contributed by atoms with Crippen LogP contribution >= 0.6 is 0 Å². The molecule has 3 aromatic rings. The Morgan fingerprint density at radius 2 is 1.43 bits per heavy atom. The van der Waals surface area contributed by atoms with Crippen LogP contribution in [0.4, 0.5) is 36.3 Å². The predicted octanol–water partition coefficient (Wildman–Crippen LogP) is 6.15. The van der Waals surface area contributed by atoms with E-state index in [-0.39, 0.29) is 17.2 Å². The Kier molecular flexibility index (Phi) is 5.65. The van der Waals surface area contributed by atoms with Crippen LogP contribution in [-0.2, 0) is 11.6 Å². The highest BCUT2D eigenvalue weighted by Crippen LogP contribution is 2.35. The molecule has 8 heteroatoms. The van der Waals surface area contributed by atoms with Crippen molar-refractivity contribution in [3.05, 3.63) is 71.4 Å². The molecule has 1 aromatic heterocycles. The van der Waals surface area contributed by atoms with Crippen molar-refractivity contribution in [3.8, 4) is 6.07 Å². The van der Waals surface area contributed by atoms with Crippen molar-refractivity contribution in [2.24, 2.45) is 0 Å². The number of benzene rings is 2. The normalized spacial score (nSPS) is 11.6. The Labute approximate surface area is 172 Å². The van der Waals surface area contributed by atoms with Gasteiger partial charge in [0.25, 0.3) is 0 Å². The molecule has 0 saturated heterocycles. The molecule has 5 nitrogen and oxygen atoms in total. The van der Waals surface area contributed by atoms with Gasteiger partial charge in [0.2, 0.25) is 5.95 Å². The molecule has 2 N–H and O–H groups in total. The lowest BCUT2D eigenvalue weighted by atomic mass is 9.87. The standard InChI is InChI=1S/C22H20F3N5/c1-21(2,3)15-6-10-16(11-7-15)28-19-18(22(23,24)25)13-27-20(30-19)29-17-8-4-14(12-26)5-9-17/h4-11,13H,1-3H3,(H2,27,28,29,30). The molecule has 0 aliphatic rings. The molecular weight excluding hydrogens is 391 g/mol. The number of hydrogen-bond acceptors (Lipinski definition) is 5. The fraction of sp³-hybridized carbons (Fsp3) is 0.227. The third-order valence-electron chi connectivity index (χ3n) is 4.38. The van der Waals surface area contributed by atoms with Crippen LogP contribution in [0.3, 0.4) is 0 Å². The molecule has 0 unspecified atom stereocenters. The first-order valence-electron chi connectivity index (χ1n) is 9.15. The quantitative estimate of drug-likeness (QED) is 0.538. The van der Waals surface area contributed by atoms with Gasteiger partial charge < -0.3 is 10.6 Å². The molecule has 0 aliphatic heterocycles. The van der Waals surface area contributed by atoms with Gasteiger partial charge in [0.15, 0.2) is 0 Å². The molecule has 0 spiro atoms. The summed E-state index contributed by atoms with van der Waals surface area (Å²) in [5.74, 6) is -0.348. The lowest BCUT2D eigenvalue weighted by Crippen LogP contribution is -2.13. The van der Waals surface area contributed by atoms with Gasteiger partial charge in [-0.3, -0.25) is 0 Å². The highest BCUT2D eigenvalue weighted by Gasteiger charge is 2.35. The largest absolute Gasteiger partial charge is 0.421 e. The van der Waals surface area contributed by atoms with E-state index in [1.807, 2.05) is 18.2 Å². The molecule has 0 aliphatic carbocycles. The summed E-state index contributed by atoms with van der Waals surface area (Å²) in [5, 5.41) is 14.5. The third kappa shape index (κ3) is 5.06. The van der Waals surface area contributed by atoms with Gasteiger partial charge in [-0.1, -0.05) is 32.9 Å². The number of nitrogens with zero attached hydrogens (tertiary/aromatic N) is 3. The number of halogens is 3. The summed E-state index contributed by atoms with van der Waals surface area (Å²) in [6, 6.07) is 15.6. The predicted molar refractivity (Wildman–Crippen MR) is 110 cm³/mol. The van der Waals surface area contributed by atoms with Crippen molar-refractivity contribution in [2.75, 3.05) is 10.6 Å². The smallest absolute Gasteiger partial charge is 0.340 e. The van der Waals surface area contributed by atoms with Crippen molar-refractivity contribution < 1.29 is 13.2 Å².